The van der Waals surface area contributed by atoms with Crippen molar-refractivity contribution < 1.29 is 35.9 Å². The maximum atomic E-state index is 13.0. The molecule has 2 aromatic rings. The van der Waals surface area contributed by atoms with Crippen molar-refractivity contribution in [2.75, 3.05) is 33.7 Å². The van der Waals surface area contributed by atoms with Gasteiger partial charge in [-0.15, -0.1) is 0 Å². The monoisotopic (exact) mass is 662 g/mol. The van der Waals surface area contributed by atoms with Gasteiger partial charge in [0, 0.05) is 38.8 Å². The van der Waals surface area contributed by atoms with E-state index in [4.69, 9.17) is 27.9 Å². The summed E-state index contributed by atoms with van der Waals surface area (Å²) in [7, 11) is -1.63. The molecule has 15 heteroatoms. The first kappa shape index (κ1) is 34.4. The SMILES string of the molecule is CN(Cc1ccc(C2=NCCN2C(=O)OC(C)(C)C)cc1)C(=O)C=CCN(C)S(=O)(=O)c1c(Cl)cc(C(F)(F)F)cc1Cl. The summed E-state index contributed by atoms with van der Waals surface area (Å²) in [6.07, 6.45) is -2.75. The Balaban J connectivity index is 1.61. The summed E-state index contributed by atoms with van der Waals surface area (Å²) in [4.78, 5) is 31.8. The number of aliphatic imine (C=N–C) groups is 1. The van der Waals surface area contributed by atoms with Crippen LogP contribution in [-0.4, -0.2) is 79.7 Å². The van der Waals surface area contributed by atoms with E-state index in [2.05, 4.69) is 4.99 Å². The summed E-state index contributed by atoms with van der Waals surface area (Å²) < 4.78 is 71.1. The van der Waals surface area contributed by atoms with Crippen LogP contribution in [0.5, 0.6) is 0 Å². The highest BCUT2D eigenvalue weighted by molar-refractivity contribution is 7.89. The van der Waals surface area contributed by atoms with Gasteiger partial charge in [0.25, 0.3) is 0 Å². The maximum Gasteiger partial charge on any atom is 0.416 e. The standard InChI is InChI=1S/C28H31Cl2F3N4O5S/c1-27(2,3)42-26(39)37-14-12-34-25(37)19-10-8-18(9-11-19)17-35(4)23(38)7-6-13-36(5)43(40,41)24-21(29)15-20(16-22(24)30)28(31,32)33/h6-11,15-16H,12-14,17H2,1-5H3. The van der Waals surface area contributed by atoms with Crippen molar-refractivity contribution in [3.8, 4) is 0 Å². The number of alkyl halides is 3. The zero-order valence-electron chi connectivity index (χ0n) is 24.1. The van der Waals surface area contributed by atoms with Gasteiger partial charge in [-0.05, 0) is 38.5 Å². The van der Waals surface area contributed by atoms with Gasteiger partial charge in [-0.2, -0.15) is 17.5 Å². The number of carbonyl (C=O) groups excluding carboxylic acids is 2. The second-order valence-corrected chi connectivity index (χ2v) is 13.5. The minimum absolute atomic E-state index is 0.233. The number of sulfonamides is 1. The average molecular weight is 664 g/mol. The van der Waals surface area contributed by atoms with Crippen molar-refractivity contribution in [3.05, 3.63) is 75.3 Å². The van der Waals surface area contributed by atoms with Crippen molar-refractivity contribution in [1.82, 2.24) is 14.1 Å². The summed E-state index contributed by atoms with van der Waals surface area (Å²) in [6, 6.07) is 8.18. The van der Waals surface area contributed by atoms with Crippen LogP contribution in [0.2, 0.25) is 10.0 Å². The molecular weight excluding hydrogens is 632 g/mol. The Labute approximate surface area is 258 Å². The molecule has 0 saturated heterocycles. The quantitative estimate of drug-likeness (QED) is 0.331. The number of carbonyl (C=O) groups is 2. The minimum Gasteiger partial charge on any atom is -0.443 e. The van der Waals surface area contributed by atoms with Gasteiger partial charge < -0.3 is 9.64 Å². The molecule has 9 nitrogen and oxygen atoms in total. The van der Waals surface area contributed by atoms with Crippen molar-refractivity contribution in [3.63, 3.8) is 0 Å². The Kier molecular flexibility index (Phi) is 10.6. The van der Waals surface area contributed by atoms with E-state index in [1.54, 1.807) is 52.1 Å². The summed E-state index contributed by atoms with van der Waals surface area (Å²) in [5.74, 6) is 0.0860. The van der Waals surface area contributed by atoms with Crippen molar-refractivity contribution in [2.45, 2.75) is 44.0 Å². The van der Waals surface area contributed by atoms with Crippen molar-refractivity contribution >= 4 is 51.1 Å². The predicted octanol–water partition coefficient (Wildman–Crippen LogP) is 5.84. The summed E-state index contributed by atoms with van der Waals surface area (Å²) in [5.41, 5.74) is -0.306. The third kappa shape index (κ3) is 8.71. The molecule has 3 rings (SSSR count). The lowest BCUT2D eigenvalue weighted by Crippen LogP contribution is -2.39. The summed E-state index contributed by atoms with van der Waals surface area (Å²) >= 11 is 11.7. The zero-order valence-corrected chi connectivity index (χ0v) is 26.4. The van der Waals surface area contributed by atoms with Crippen LogP contribution in [0.15, 0.2) is 58.4 Å². The normalized spacial score (nSPS) is 14.4. The van der Waals surface area contributed by atoms with Crippen LogP contribution in [0.1, 0.15) is 37.5 Å². The van der Waals surface area contributed by atoms with Gasteiger partial charge in [-0.3, -0.25) is 14.7 Å². The molecule has 2 amide bonds. The molecule has 1 aliphatic heterocycles. The highest BCUT2D eigenvalue weighted by Crippen LogP contribution is 2.38. The molecule has 234 valence electrons. The first-order chi connectivity index (χ1) is 19.8. The smallest absolute Gasteiger partial charge is 0.416 e. The minimum atomic E-state index is -4.76. The predicted molar refractivity (Wildman–Crippen MR) is 158 cm³/mol. The topological polar surface area (TPSA) is 99.6 Å². The van der Waals surface area contributed by atoms with Crippen LogP contribution >= 0.6 is 23.2 Å². The molecule has 1 aliphatic rings. The van der Waals surface area contributed by atoms with E-state index < -0.39 is 54.3 Å². The second-order valence-electron chi connectivity index (χ2n) is 10.7. The van der Waals surface area contributed by atoms with Crippen LogP contribution in [0.4, 0.5) is 18.0 Å². The molecule has 0 aliphatic carbocycles. The molecule has 0 aromatic heterocycles. The molecule has 43 heavy (non-hydrogen) atoms. The van der Waals surface area contributed by atoms with Gasteiger partial charge in [-0.25, -0.2) is 13.2 Å². The van der Waals surface area contributed by atoms with Crippen LogP contribution in [-0.2, 0) is 32.3 Å². The Hall–Kier alpha value is -3.13. The lowest BCUT2D eigenvalue weighted by Gasteiger charge is -2.25. The first-order valence-electron chi connectivity index (χ1n) is 12.9. The van der Waals surface area contributed by atoms with Gasteiger partial charge in [0.2, 0.25) is 15.9 Å². The van der Waals surface area contributed by atoms with Gasteiger partial charge in [0.15, 0.2) is 0 Å². The Morgan fingerprint density at radius 3 is 2.19 bits per heavy atom. The average Bonchev–Trinajstić information content (AvgIpc) is 3.37. The molecule has 0 radical (unpaired) electrons. The Bertz CT molecular complexity index is 1520. The number of nitrogens with zero attached hydrogens (tertiary/aromatic N) is 4. The molecule has 0 saturated carbocycles. The van der Waals surface area contributed by atoms with Gasteiger partial charge in [0.1, 0.15) is 16.3 Å². The van der Waals surface area contributed by atoms with Crippen LogP contribution in [0, 0.1) is 0 Å². The molecule has 0 fully saturated rings. The maximum absolute atomic E-state index is 13.0. The fourth-order valence-corrected chi connectivity index (χ4v) is 6.23. The fourth-order valence-electron chi connectivity index (χ4n) is 3.95. The summed E-state index contributed by atoms with van der Waals surface area (Å²) in [6.45, 7) is 6.19. The van der Waals surface area contributed by atoms with Crippen LogP contribution < -0.4 is 0 Å². The van der Waals surface area contributed by atoms with E-state index in [-0.39, 0.29) is 13.1 Å². The molecule has 0 bridgehead atoms. The van der Waals surface area contributed by atoms with Gasteiger partial charge in [0.05, 0.1) is 28.7 Å². The summed E-state index contributed by atoms with van der Waals surface area (Å²) in [5, 5.41) is -1.34. The van der Waals surface area contributed by atoms with E-state index in [1.165, 1.54) is 29.0 Å². The van der Waals surface area contributed by atoms with Crippen LogP contribution in [0.3, 0.4) is 0 Å². The number of ether oxygens (including phenoxy) is 1. The number of amides is 2. The molecule has 1 heterocycles. The molecule has 0 N–H and O–H groups in total. The zero-order chi connectivity index (χ0) is 32.3. The largest absolute Gasteiger partial charge is 0.443 e. The molecular formula is C28H31Cl2F3N4O5S. The Morgan fingerprint density at radius 2 is 1.65 bits per heavy atom. The lowest BCUT2D eigenvalue weighted by atomic mass is 10.1. The third-order valence-electron chi connectivity index (χ3n) is 6.08. The number of hydrogen-bond acceptors (Lipinski definition) is 6. The van der Waals surface area contributed by atoms with Gasteiger partial charge in [-0.1, -0.05) is 53.5 Å². The van der Waals surface area contributed by atoms with E-state index in [0.29, 0.717) is 31.1 Å². The van der Waals surface area contributed by atoms with Crippen LogP contribution in [0.25, 0.3) is 0 Å². The van der Waals surface area contributed by atoms with Gasteiger partial charge >= 0.3 is 12.3 Å². The Morgan fingerprint density at radius 1 is 1.07 bits per heavy atom. The number of halogens is 5. The molecule has 2 aromatic carbocycles. The number of amidine groups is 1. The first-order valence-corrected chi connectivity index (χ1v) is 15.1. The number of rotatable bonds is 8. The lowest BCUT2D eigenvalue weighted by molar-refractivity contribution is -0.137. The number of hydrogen-bond donors (Lipinski definition) is 0. The molecule has 0 atom stereocenters. The van der Waals surface area contributed by atoms with Crippen molar-refractivity contribution in [2.24, 2.45) is 4.99 Å². The number of benzene rings is 2. The van der Waals surface area contributed by atoms with E-state index >= 15 is 0 Å². The van der Waals surface area contributed by atoms with E-state index in [1.807, 2.05) is 0 Å². The number of likely N-dealkylation sites (N-methyl/N-ethyl adjacent to an activating group) is 2. The highest BCUT2D eigenvalue weighted by atomic mass is 35.5. The highest BCUT2D eigenvalue weighted by Gasteiger charge is 2.35. The fraction of sp³-hybridized carbons (Fsp3) is 0.393. The van der Waals surface area contributed by atoms with E-state index in [0.717, 1.165) is 15.4 Å². The molecule has 0 unspecified atom stereocenters. The third-order valence-corrected chi connectivity index (χ3v) is 8.83. The van der Waals surface area contributed by atoms with Crippen molar-refractivity contribution in [1.29, 1.82) is 0 Å². The van der Waals surface area contributed by atoms with E-state index in [9.17, 15) is 31.2 Å². The molecule has 0 spiro atoms. The second kappa shape index (κ2) is 13.2.